The van der Waals surface area contributed by atoms with Crippen molar-refractivity contribution in [2.45, 2.75) is 32.4 Å². The van der Waals surface area contributed by atoms with E-state index in [1.54, 1.807) is 6.07 Å². The molecule has 1 aromatic rings. The molecular weight excluding hydrogens is 323 g/mol. The lowest BCUT2D eigenvalue weighted by Crippen LogP contribution is -2.42. The number of halogens is 2. The smallest absolute Gasteiger partial charge is 0.320 e. The Kier molecular flexibility index (Phi) is 9.58. The van der Waals surface area contributed by atoms with Crippen LogP contribution in [0.1, 0.15) is 24.6 Å². The van der Waals surface area contributed by atoms with Crippen LogP contribution >= 0.6 is 35.3 Å². The van der Waals surface area contributed by atoms with E-state index in [2.05, 4.69) is 10.6 Å². The minimum atomic E-state index is -0.931. The number of nitrogens with one attached hydrogen (secondary N) is 2. The van der Waals surface area contributed by atoms with Crippen LogP contribution < -0.4 is 10.6 Å². The second kappa shape index (κ2) is 9.99. The number of hydrogen-bond donors (Lipinski definition) is 3. The van der Waals surface area contributed by atoms with Crippen molar-refractivity contribution < 1.29 is 14.7 Å². The fourth-order valence-corrected chi connectivity index (χ4v) is 2.54. The maximum Gasteiger partial charge on any atom is 0.320 e. The van der Waals surface area contributed by atoms with Gasteiger partial charge in [-0.15, -0.1) is 23.7 Å². The number of rotatable bonds is 8. The Morgan fingerprint density at radius 1 is 1.45 bits per heavy atom. The highest BCUT2D eigenvalue weighted by atomic mass is 35.5. The molecule has 0 bridgehead atoms. The van der Waals surface area contributed by atoms with Crippen LogP contribution in [0.25, 0.3) is 0 Å². The van der Waals surface area contributed by atoms with Crippen molar-refractivity contribution in [1.82, 2.24) is 10.6 Å². The fraction of sp³-hybridized carbons (Fsp3) is 0.500. The molecule has 0 aromatic carbocycles. The Labute approximate surface area is 133 Å². The van der Waals surface area contributed by atoms with E-state index in [9.17, 15) is 9.59 Å². The van der Waals surface area contributed by atoms with E-state index in [-0.39, 0.29) is 24.9 Å². The van der Waals surface area contributed by atoms with Crippen LogP contribution in [0.5, 0.6) is 0 Å². The van der Waals surface area contributed by atoms with Crippen LogP contribution in [0.15, 0.2) is 12.1 Å². The number of aliphatic carboxylic acids is 1. The summed E-state index contributed by atoms with van der Waals surface area (Å²) in [6.45, 7) is 2.30. The average molecular weight is 341 g/mol. The van der Waals surface area contributed by atoms with Gasteiger partial charge in [-0.2, -0.15) is 0 Å². The molecule has 0 aliphatic rings. The third-order valence-corrected chi connectivity index (χ3v) is 3.70. The molecule has 1 heterocycles. The van der Waals surface area contributed by atoms with E-state index < -0.39 is 12.0 Å². The first-order chi connectivity index (χ1) is 9.02. The highest BCUT2D eigenvalue weighted by Gasteiger charge is 2.16. The minimum absolute atomic E-state index is 0. The van der Waals surface area contributed by atoms with E-state index in [0.717, 1.165) is 11.3 Å². The van der Waals surface area contributed by atoms with Crippen molar-refractivity contribution >= 4 is 47.2 Å². The third-order valence-electron chi connectivity index (χ3n) is 2.47. The largest absolute Gasteiger partial charge is 0.480 e. The first kappa shape index (κ1) is 19.2. The van der Waals surface area contributed by atoms with Crippen LogP contribution in [0.2, 0.25) is 4.34 Å². The van der Waals surface area contributed by atoms with Gasteiger partial charge in [-0.1, -0.05) is 24.9 Å². The number of hydrogen-bond acceptors (Lipinski definition) is 4. The number of thiophene rings is 1. The van der Waals surface area contributed by atoms with Gasteiger partial charge in [0.1, 0.15) is 6.04 Å². The zero-order chi connectivity index (χ0) is 14.3. The van der Waals surface area contributed by atoms with Gasteiger partial charge in [0, 0.05) is 4.88 Å². The summed E-state index contributed by atoms with van der Waals surface area (Å²) < 4.78 is 0.677. The molecule has 0 spiro atoms. The van der Waals surface area contributed by atoms with Crippen molar-refractivity contribution in [3.8, 4) is 0 Å². The molecule has 1 aromatic heterocycles. The maximum atomic E-state index is 11.6. The zero-order valence-corrected chi connectivity index (χ0v) is 13.4. The molecule has 5 nitrogen and oxygen atoms in total. The molecule has 8 heteroatoms. The van der Waals surface area contributed by atoms with Crippen molar-refractivity contribution in [2.24, 2.45) is 0 Å². The molecule has 0 radical (unpaired) electrons. The van der Waals surface area contributed by atoms with Crippen molar-refractivity contribution in [2.75, 3.05) is 6.54 Å². The summed E-state index contributed by atoms with van der Waals surface area (Å²) in [7, 11) is 0. The Morgan fingerprint density at radius 3 is 2.65 bits per heavy atom. The molecule has 114 valence electrons. The molecule has 0 aliphatic heterocycles. The van der Waals surface area contributed by atoms with E-state index in [4.69, 9.17) is 16.7 Å². The Balaban J connectivity index is 0.00000361. The van der Waals surface area contributed by atoms with Gasteiger partial charge in [-0.3, -0.25) is 14.9 Å². The monoisotopic (exact) mass is 340 g/mol. The van der Waals surface area contributed by atoms with E-state index in [1.807, 2.05) is 13.0 Å². The predicted octanol–water partition coefficient (Wildman–Crippen LogP) is 2.28. The van der Waals surface area contributed by atoms with Crippen molar-refractivity contribution in [1.29, 1.82) is 0 Å². The third kappa shape index (κ3) is 7.09. The van der Waals surface area contributed by atoms with Gasteiger partial charge in [0.05, 0.1) is 17.4 Å². The molecule has 1 amide bonds. The van der Waals surface area contributed by atoms with Gasteiger partial charge in [0.15, 0.2) is 0 Å². The van der Waals surface area contributed by atoms with E-state index >= 15 is 0 Å². The van der Waals surface area contributed by atoms with Crippen LogP contribution in [-0.2, 0) is 16.1 Å². The first-order valence-electron chi connectivity index (χ1n) is 6.00. The molecular formula is C12H18Cl2N2O3S. The summed E-state index contributed by atoms with van der Waals surface area (Å²) in [6.07, 6.45) is 1.25. The summed E-state index contributed by atoms with van der Waals surface area (Å²) in [5.74, 6) is -1.16. The van der Waals surface area contributed by atoms with Gasteiger partial charge in [-0.25, -0.2) is 0 Å². The van der Waals surface area contributed by atoms with Crippen LogP contribution in [-0.4, -0.2) is 29.6 Å². The topological polar surface area (TPSA) is 78.4 Å². The summed E-state index contributed by atoms with van der Waals surface area (Å²) in [5.41, 5.74) is 0. The number of carbonyl (C=O) groups is 2. The lowest BCUT2D eigenvalue weighted by atomic mass is 10.2. The highest BCUT2D eigenvalue weighted by molar-refractivity contribution is 7.16. The second-order valence-electron chi connectivity index (χ2n) is 4.04. The standard InChI is InChI=1S/C12H17ClN2O3S.ClH/c1-2-3-9(12(17)18)14-7-11(16)15-6-8-4-5-10(13)19-8;/h4-5,9,14H,2-3,6-7H2,1H3,(H,15,16)(H,17,18);1H. The summed E-state index contributed by atoms with van der Waals surface area (Å²) in [5, 5.41) is 14.4. The fourth-order valence-electron chi connectivity index (χ4n) is 1.51. The molecule has 1 rings (SSSR count). The Bertz CT molecular complexity index is 440. The lowest BCUT2D eigenvalue weighted by molar-refractivity contribution is -0.139. The quantitative estimate of drug-likeness (QED) is 0.678. The number of amides is 1. The molecule has 20 heavy (non-hydrogen) atoms. The normalized spacial score (nSPS) is 11.5. The van der Waals surface area contributed by atoms with Crippen LogP contribution in [0.3, 0.4) is 0 Å². The number of carboxylic acids is 1. The molecule has 1 atom stereocenters. The Hall–Kier alpha value is -0.820. The van der Waals surface area contributed by atoms with Crippen molar-refractivity contribution in [3.05, 3.63) is 21.3 Å². The number of carboxylic acid groups (broad SMARTS) is 1. The van der Waals surface area contributed by atoms with Gasteiger partial charge in [-0.05, 0) is 18.6 Å². The van der Waals surface area contributed by atoms with E-state index in [0.29, 0.717) is 17.3 Å². The number of carbonyl (C=O) groups excluding carboxylic acids is 1. The first-order valence-corrected chi connectivity index (χ1v) is 7.19. The molecule has 0 aliphatic carbocycles. The van der Waals surface area contributed by atoms with Crippen LogP contribution in [0.4, 0.5) is 0 Å². The van der Waals surface area contributed by atoms with Gasteiger partial charge >= 0.3 is 5.97 Å². The SMILES string of the molecule is CCCC(NCC(=O)NCc1ccc(Cl)s1)C(=O)O.Cl. The van der Waals surface area contributed by atoms with E-state index in [1.165, 1.54) is 11.3 Å². The maximum absolute atomic E-state index is 11.6. The predicted molar refractivity (Wildman–Crippen MR) is 82.8 cm³/mol. The Morgan fingerprint density at radius 2 is 2.15 bits per heavy atom. The highest BCUT2D eigenvalue weighted by Crippen LogP contribution is 2.20. The second-order valence-corrected chi connectivity index (χ2v) is 5.84. The minimum Gasteiger partial charge on any atom is -0.480 e. The summed E-state index contributed by atoms with van der Waals surface area (Å²) >= 11 is 7.18. The molecule has 0 saturated heterocycles. The molecule has 0 saturated carbocycles. The van der Waals surface area contributed by atoms with Gasteiger partial charge in [0.25, 0.3) is 0 Å². The van der Waals surface area contributed by atoms with Gasteiger partial charge in [0.2, 0.25) is 5.91 Å². The van der Waals surface area contributed by atoms with Crippen LogP contribution in [0, 0.1) is 0 Å². The average Bonchev–Trinajstić information content (AvgIpc) is 2.77. The lowest BCUT2D eigenvalue weighted by Gasteiger charge is -2.13. The van der Waals surface area contributed by atoms with Crippen molar-refractivity contribution in [3.63, 3.8) is 0 Å². The molecule has 3 N–H and O–H groups in total. The summed E-state index contributed by atoms with van der Waals surface area (Å²) in [6, 6.07) is 2.94. The molecule has 0 fully saturated rings. The van der Waals surface area contributed by atoms with Gasteiger partial charge < -0.3 is 10.4 Å². The zero-order valence-electron chi connectivity index (χ0n) is 11.0. The summed E-state index contributed by atoms with van der Waals surface area (Å²) in [4.78, 5) is 23.4. The molecule has 1 unspecified atom stereocenters.